The molecule has 0 heterocycles. The fraction of sp³-hybridized carbons (Fsp3) is 0.133. The Bertz CT molecular complexity index is 666. The number of rotatable bonds is 4. The lowest BCUT2D eigenvalue weighted by molar-refractivity contribution is -0.385. The van der Waals surface area contributed by atoms with Crippen LogP contribution in [0.1, 0.15) is 15.9 Å². The Labute approximate surface area is 116 Å². The van der Waals surface area contributed by atoms with Gasteiger partial charge >= 0.3 is 0 Å². The Morgan fingerprint density at radius 1 is 1.00 bits per heavy atom. The van der Waals surface area contributed by atoms with Crippen LogP contribution in [-0.4, -0.2) is 24.8 Å². The van der Waals surface area contributed by atoms with E-state index in [4.69, 9.17) is 0 Å². The first kappa shape index (κ1) is 13.7. The molecule has 0 atom stereocenters. The van der Waals surface area contributed by atoms with Gasteiger partial charge in [0.15, 0.2) is 0 Å². The minimum absolute atomic E-state index is 0.104. The van der Waals surface area contributed by atoms with Gasteiger partial charge in [-0.15, -0.1) is 0 Å². The Hall–Kier alpha value is -2.69. The number of para-hydroxylation sites is 2. The average Bonchev–Trinajstić information content (AvgIpc) is 2.46. The first-order chi connectivity index (χ1) is 9.52. The highest BCUT2D eigenvalue weighted by atomic mass is 16.6. The van der Waals surface area contributed by atoms with Crippen LogP contribution in [0.5, 0.6) is 0 Å². The predicted octanol–water partition coefficient (Wildman–Crippen LogP) is 2.89. The van der Waals surface area contributed by atoms with Gasteiger partial charge in [0.25, 0.3) is 5.69 Å². The molecule has 20 heavy (non-hydrogen) atoms. The van der Waals surface area contributed by atoms with E-state index < -0.39 is 4.92 Å². The number of hydrogen-bond acceptors (Lipinski definition) is 4. The fourth-order valence-corrected chi connectivity index (χ4v) is 2.03. The summed E-state index contributed by atoms with van der Waals surface area (Å²) in [6.07, 6.45) is 0. The zero-order valence-corrected chi connectivity index (χ0v) is 11.2. The van der Waals surface area contributed by atoms with Crippen molar-refractivity contribution < 1.29 is 9.72 Å². The molecule has 0 saturated carbocycles. The van der Waals surface area contributed by atoms with E-state index in [1.54, 1.807) is 24.3 Å². The summed E-state index contributed by atoms with van der Waals surface area (Å²) in [6.45, 7) is 0. The Balaban J connectivity index is 2.56. The van der Waals surface area contributed by atoms with Crippen molar-refractivity contribution in [2.24, 2.45) is 0 Å². The van der Waals surface area contributed by atoms with E-state index in [2.05, 4.69) is 0 Å². The van der Waals surface area contributed by atoms with Gasteiger partial charge in [-0.25, -0.2) is 0 Å². The van der Waals surface area contributed by atoms with Crippen LogP contribution < -0.4 is 4.90 Å². The highest BCUT2D eigenvalue weighted by Crippen LogP contribution is 2.26. The van der Waals surface area contributed by atoms with E-state index >= 15 is 0 Å². The summed E-state index contributed by atoms with van der Waals surface area (Å²) in [5, 5.41) is 11.0. The number of benzene rings is 2. The Kier molecular flexibility index (Phi) is 3.79. The molecule has 0 spiro atoms. The summed E-state index contributed by atoms with van der Waals surface area (Å²) in [7, 11) is 3.65. The minimum atomic E-state index is -0.536. The molecule has 5 nitrogen and oxygen atoms in total. The van der Waals surface area contributed by atoms with E-state index in [-0.39, 0.29) is 17.0 Å². The molecular weight excluding hydrogens is 256 g/mol. The highest BCUT2D eigenvalue weighted by molar-refractivity contribution is 6.14. The van der Waals surface area contributed by atoms with Crippen LogP contribution in [0.3, 0.4) is 0 Å². The quantitative estimate of drug-likeness (QED) is 0.487. The third-order valence-electron chi connectivity index (χ3n) is 2.98. The van der Waals surface area contributed by atoms with Crippen molar-refractivity contribution in [1.82, 2.24) is 0 Å². The number of nitrogens with zero attached hydrogens (tertiary/aromatic N) is 2. The van der Waals surface area contributed by atoms with E-state index in [1.165, 1.54) is 12.1 Å². The van der Waals surface area contributed by atoms with Crippen molar-refractivity contribution in [3.05, 3.63) is 69.8 Å². The van der Waals surface area contributed by atoms with E-state index in [0.717, 1.165) is 5.69 Å². The molecule has 5 heteroatoms. The molecule has 102 valence electrons. The smallest absolute Gasteiger partial charge is 0.280 e. The minimum Gasteiger partial charge on any atom is -0.377 e. The molecule has 0 unspecified atom stereocenters. The van der Waals surface area contributed by atoms with Crippen LogP contribution in [0.4, 0.5) is 11.4 Å². The van der Waals surface area contributed by atoms with Crippen LogP contribution in [0.2, 0.25) is 0 Å². The molecule has 0 amide bonds. The van der Waals surface area contributed by atoms with Crippen molar-refractivity contribution in [2.45, 2.75) is 0 Å². The second-order valence-electron chi connectivity index (χ2n) is 4.51. The van der Waals surface area contributed by atoms with Crippen LogP contribution in [-0.2, 0) is 0 Å². The molecule has 0 aromatic heterocycles. The molecule has 0 bridgehead atoms. The largest absolute Gasteiger partial charge is 0.377 e. The summed E-state index contributed by atoms with van der Waals surface area (Å²) >= 11 is 0. The average molecular weight is 270 g/mol. The van der Waals surface area contributed by atoms with E-state index in [1.807, 2.05) is 31.1 Å². The second kappa shape index (κ2) is 5.52. The molecule has 2 aromatic carbocycles. The van der Waals surface area contributed by atoms with Gasteiger partial charge < -0.3 is 4.90 Å². The SMILES string of the molecule is CN(C)c1ccccc1C(=O)c1ccccc1[N+](=O)[O-]. The molecule has 2 aromatic rings. The van der Waals surface area contributed by atoms with Gasteiger partial charge in [0.2, 0.25) is 5.78 Å². The lowest BCUT2D eigenvalue weighted by Crippen LogP contribution is -2.15. The van der Waals surface area contributed by atoms with Crippen LogP contribution in [0.25, 0.3) is 0 Å². The lowest BCUT2D eigenvalue weighted by atomic mass is 10.00. The van der Waals surface area contributed by atoms with Crippen molar-refractivity contribution in [3.8, 4) is 0 Å². The molecule has 0 fully saturated rings. The normalized spacial score (nSPS) is 10.1. The van der Waals surface area contributed by atoms with Gasteiger partial charge in [0.1, 0.15) is 5.56 Å². The molecule has 2 rings (SSSR count). The van der Waals surface area contributed by atoms with Crippen molar-refractivity contribution in [2.75, 3.05) is 19.0 Å². The zero-order chi connectivity index (χ0) is 14.7. The standard InChI is InChI=1S/C15H14N2O3/c1-16(2)13-9-5-3-7-11(13)15(18)12-8-4-6-10-14(12)17(19)20/h3-10H,1-2H3. The van der Waals surface area contributed by atoms with Crippen molar-refractivity contribution in [1.29, 1.82) is 0 Å². The lowest BCUT2D eigenvalue weighted by Gasteiger charge is -2.16. The molecule has 0 saturated heterocycles. The molecule has 0 aliphatic carbocycles. The third kappa shape index (κ3) is 2.51. The number of anilines is 1. The van der Waals surface area contributed by atoms with Crippen molar-refractivity contribution >= 4 is 17.2 Å². The van der Waals surface area contributed by atoms with Gasteiger partial charge in [-0.05, 0) is 18.2 Å². The molecule has 0 aliphatic rings. The summed E-state index contributed by atoms with van der Waals surface area (Å²) in [5.74, 6) is -0.346. The van der Waals surface area contributed by atoms with Gasteiger partial charge in [0, 0.05) is 31.4 Å². The molecule has 0 N–H and O–H groups in total. The van der Waals surface area contributed by atoms with Crippen LogP contribution >= 0.6 is 0 Å². The molecular formula is C15H14N2O3. The van der Waals surface area contributed by atoms with E-state index in [0.29, 0.717) is 5.56 Å². The highest BCUT2D eigenvalue weighted by Gasteiger charge is 2.22. The van der Waals surface area contributed by atoms with Gasteiger partial charge in [-0.2, -0.15) is 0 Å². The zero-order valence-electron chi connectivity index (χ0n) is 11.2. The maximum absolute atomic E-state index is 12.6. The number of hydrogen-bond donors (Lipinski definition) is 0. The summed E-state index contributed by atoms with van der Waals surface area (Å²) in [6, 6.07) is 13.0. The number of nitro benzene ring substituents is 1. The van der Waals surface area contributed by atoms with Crippen LogP contribution in [0.15, 0.2) is 48.5 Å². The summed E-state index contributed by atoms with van der Waals surface area (Å²) < 4.78 is 0. The maximum atomic E-state index is 12.6. The van der Waals surface area contributed by atoms with Crippen molar-refractivity contribution in [3.63, 3.8) is 0 Å². The third-order valence-corrected chi connectivity index (χ3v) is 2.98. The van der Waals surface area contributed by atoms with E-state index in [9.17, 15) is 14.9 Å². The first-order valence-corrected chi connectivity index (χ1v) is 6.07. The maximum Gasteiger partial charge on any atom is 0.280 e. The Morgan fingerprint density at radius 3 is 2.15 bits per heavy atom. The number of nitro groups is 1. The summed E-state index contributed by atoms with van der Waals surface area (Å²) in [5.41, 5.74) is 1.11. The van der Waals surface area contributed by atoms with Gasteiger partial charge in [-0.3, -0.25) is 14.9 Å². The monoisotopic (exact) mass is 270 g/mol. The van der Waals surface area contributed by atoms with Crippen LogP contribution in [0, 0.1) is 10.1 Å². The second-order valence-corrected chi connectivity index (χ2v) is 4.51. The first-order valence-electron chi connectivity index (χ1n) is 6.07. The molecule has 0 radical (unpaired) electrons. The fourth-order valence-electron chi connectivity index (χ4n) is 2.03. The van der Waals surface area contributed by atoms with Gasteiger partial charge in [-0.1, -0.05) is 24.3 Å². The topological polar surface area (TPSA) is 63.5 Å². The Morgan fingerprint density at radius 2 is 1.55 bits per heavy atom. The number of carbonyl (C=O) groups excluding carboxylic acids is 1. The predicted molar refractivity (Wildman–Crippen MR) is 77.3 cm³/mol. The molecule has 0 aliphatic heterocycles. The summed E-state index contributed by atoms with van der Waals surface area (Å²) in [4.78, 5) is 24.9. The number of carbonyl (C=O) groups is 1. The number of ketones is 1. The van der Waals surface area contributed by atoms with Gasteiger partial charge in [0.05, 0.1) is 4.92 Å².